The van der Waals surface area contributed by atoms with Crippen LogP contribution >= 0.6 is 11.3 Å². The van der Waals surface area contributed by atoms with Crippen molar-refractivity contribution >= 4 is 23.1 Å². The second-order valence-corrected chi connectivity index (χ2v) is 6.49. The average Bonchev–Trinajstić information content (AvgIpc) is 3.02. The summed E-state index contributed by atoms with van der Waals surface area (Å²) in [7, 11) is 0. The maximum absolute atomic E-state index is 12.2. The Balaban J connectivity index is 2.02. The second-order valence-electron chi connectivity index (χ2n) is 5.51. The zero-order chi connectivity index (χ0) is 15.7. The normalized spacial score (nSPS) is 28.1. The Hall–Kier alpha value is -1.66. The summed E-state index contributed by atoms with van der Waals surface area (Å²) < 4.78 is 10.4. The van der Waals surface area contributed by atoms with Crippen molar-refractivity contribution in [3.63, 3.8) is 0 Å². The first-order chi connectivity index (χ1) is 10.5. The topological polar surface area (TPSA) is 72.8 Å². The molecule has 0 spiro atoms. The lowest BCUT2D eigenvalue weighted by molar-refractivity contribution is -0.223. The van der Waals surface area contributed by atoms with Gasteiger partial charge < -0.3 is 14.6 Å². The number of carbonyl (C=O) groups is 2. The molecule has 3 rings (SSSR count). The molecular formula is C16H18O5S. The number of hydrogen-bond donors (Lipinski definition) is 1. The molecule has 5 nitrogen and oxygen atoms in total. The minimum Gasteiger partial charge on any atom is -0.461 e. The number of allylic oxidation sites excluding steroid dienone is 2. The van der Waals surface area contributed by atoms with Gasteiger partial charge in [-0.25, -0.2) is 4.79 Å². The molecule has 0 radical (unpaired) electrons. The molecule has 0 amide bonds. The fourth-order valence-corrected chi connectivity index (χ4v) is 3.90. The Morgan fingerprint density at radius 1 is 1.55 bits per heavy atom. The van der Waals surface area contributed by atoms with Crippen molar-refractivity contribution in [3.05, 3.63) is 33.7 Å². The van der Waals surface area contributed by atoms with E-state index >= 15 is 0 Å². The molecule has 6 heteroatoms. The average molecular weight is 322 g/mol. The third-order valence-corrected chi connectivity index (χ3v) is 5.03. The Kier molecular flexibility index (Phi) is 4.06. The van der Waals surface area contributed by atoms with E-state index in [1.54, 1.807) is 18.3 Å². The van der Waals surface area contributed by atoms with Crippen molar-refractivity contribution in [2.75, 3.05) is 6.61 Å². The van der Waals surface area contributed by atoms with Crippen molar-refractivity contribution in [2.24, 2.45) is 0 Å². The molecule has 0 aromatic carbocycles. The van der Waals surface area contributed by atoms with Crippen LogP contribution in [0.2, 0.25) is 0 Å². The molecule has 2 atom stereocenters. The van der Waals surface area contributed by atoms with Gasteiger partial charge in [-0.2, -0.15) is 0 Å². The summed E-state index contributed by atoms with van der Waals surface area (Å²) in [5.74, 6) is -3.09. The number of Topliss-reactive ketones (excluding diaryl/α,β-unsaturated/α-hetero) is 1. The predicted octanol–water partition coefficient (Wildman–Crippen LogP) is 2.51. The number of aliphatic hydroxyl groups is 1. The van der Waals surface area contributed by atoms with E-state index in [9.17, 15) is 14.7 Å². The fourth-order valence-electron chi connectivity index (χ4n) is 3.04. The molecule has 0 fully saturated rings. The summed E-state index contributed by atoms with van der Waals surface area (Å²) in [6.45, 7) is 1.81. The van der Waals surface area contributed by atoms with Crippen molar-refractivity contribution in [1.29, 1.82) is 0 Å². The summed E-state index contributed by atoms with van der Waals surface area (Å²) in [4.78, 5) is 25.3. The minimum atomic E-state index is -2.09. The number of esters is 1. The predicted molar refractivity (Wildman–Crippen MR) is 80.2 cm³/mol. The van der Waals surface area contributed by atoms with Crippen molar-refractivity contribution < 1.29 is 24.2 Å². The lowest BCUT2D eigenvalue weighted by Crippen LogP contribution is -2.48. The van der Waals surface area contributed by atoms with E-state index in [-0.39, 0.29) is 30.5 Å². The largest absolute Gasteiger partial charge is 0.461 e. The first kappa shape index (κ1) is 15.2. The first-order valence-electron chi connectivity index (χ1n) is 7.43. The van der Waals surface area contributed by atoms with E-state index in [2.05, 4.69) is 0 Å². The van der Waals surface area contributed by atoms with Crippen LogP contribution in [0.4, 0.5) is 0 Å². The number of hydrogen-bond acceptors (Lipinski definition) is 6. The van der Waals surface area contributed by atoms with Crippen LogP contribution in [0.1, 0.15) is 43.4 Å². The number of ketones is 1. The van der Waals surface area contributed by atoms with Crippen LogP contribution in [0.25, 0.3) is 0 Å². The Morgan fingerprint density at radius 2 is 2.36 bits per heavy atom. The summed E-state index contributed by atoms with van der Waals surface area (Å²) in [6, 6.07) is 3.87. The smallest absolute Gasteiger partial charge is 0.379 e. The monoisotopic (exact) mass is 322 g/mol. The van der Waals surface area contributed by atoms with Crippen LogP contribution in [-0.4, -0.2) is 29.3 Å². The van der Waals surface area contributed by atoms with Crippen LogP contribution in [0.15, 0.2) is 28.8 Å². The zero-order valence-electron chi connectivity index (χ0n) is 12.3. The van der Waals surface area contributed by atoms with E-state index < -0.39 is 11.8 Å². The van der Waals surface area contributed by atoms with Gasteiger partial charge in [0.1, 0.15) is 0 Å². The molecule has 0 bridgehead atoms. The molecule has 22 heavy (non-hydrogen) atoms. The van der Waals surface area contributed by atoms with Gasteiger partial charge in [0, 0.05) is 23.6 Å². The molecule has 0 saturated carbocycles. The van der Waals surface area contributed by atoms with Gasteiger partial charge in [0.2, 0.25) is 0 Å². The molecule has 0 unspecified atom stereocenters. The number of ether oxygens (including phenoxy) is 2. The van der Waals surface area contributed by atoms with E-state index in [1.165, 1.54) is 0 Å². The van der Waals surface area contributed by atoms with Crippen molar-refractivity contribution in [3.8, 4) is 0 Å². The minimum absolute atomic E-state index is 0.0818. The summed E-state index contributed by atoms with van der Waals surface area (Å²) in [6.07, 6.45) is 2.00. The Bertz CT molecular complexity index is 618. The third-order valence-electron chi connectivity index (χ3n) is 4.05. The van der Waals surface area contributed by atoms with Crippen molar-refractivity contribution in [1.82, 2.24) is 0 Å². The molecule has 1 N–H and O–H groups in total. The van der Waals surface area contributed by atoms with Gasteiger partial charge in [-0.1, -0.05) is 6.07 Å². The number of rotatable bonds is 3. The number of thiophene rings is 1. The van der Waals surface area contributed by atoms with Crippen LogP contribution in [0.5, 0.6) is 0 Å². The Labute approximate surface area is 132 Å². The lowest BCUT2D eigenvalue weighted by atomic mass is 9.80. The van der Waals surface area contributed by atoms with Crippen LogP contribution in [0, 0.1) is 0 Å². The highest BCUT2D eigenvalue weighted by Gasteiger charge is 2.50. The molecule has 1 aromatic rings. The van der Waals surface area contributed by atoms with E-state index in [0.717, 1.165) is 23.3 Å². The van der Waals surface area contributed by atoms with Crippen molar-refractivity contribution in [2.45, 2.75) is 44.3 Å². The molecule has 1 aliphatic carbocycles. The fraction of sp³-hybridized carbons (Fsp3) is 0.500. The number of carbonyl (C=O) groups excluding carboxylic acids is 2. The van der Waals surface area contributed by atoms with Gasteiger partial charge in [0.25, 0.3) is 0 Å². The van der Waals surface area contributed by atoms with Gasteiger partial charge in [-0.05, 0) is 36.8 Å². The van der Waals surface area contributed by atoms with Crippen LogP contribution in [-0.2, 0) is 19.1 Å². The standard InChI is InChI=1S/C16H18O5S/c1-2-20-15(18)16(19)9-11(13-7-4-8-22-13)10-5-3-6-12(17)14(10)21-16/h4,7-8,11,19H,2-3,5-6,9H2,1H3/t11-,16-/m1/s1. The zero-order valence-corrected chi connectivity index (χ0v) is 13.1. The third kappa shape index (κ3) is 2.57. The van der Waals surface area contributed by atoms with Gasteiger partial charge in [0.05, 0.1) is 6.61 Å². The Morgan fingerprint density at radius 3 is 3.05 bits per heavy atom. The highest BCUT2D eigenvalue weighted by Crippen LogP contribution is 2.46. The first-order valence-corrected chi connectivity index (χ1v) is 8.31. The molecule has 2 aliphatic rings. The summed E-state index contributed by atoms with van der Waals surface area (Å²) >= 11 is 1.55. The van der Waals surface area contributed by atoms with E-state index in [1.807, 2.05) is 17.5 Å². The maximum atomic E-state index is 12.2. The quantitative estimate of drug-likeness (QED) is 0.866. The maximum Gasteiger partial charge on any atom is 0.379 e. The highest BCUT2D eigenvalue weighted by molar-refractivity contribution is 7.10. The molecule has 1 aliphatic heterocycles. The second kappa shape index (κ2) is 5.85. The van der Waals surface area contributed by atoms with Gasteiger partial charge in [0.15, 0.2) is 11.5 Å². The van der Waals surface area contributed by atoms with Gasteiger partial charge >= 0.3 is 11.8 Å². The van der Waals surface area contributed by atoms with Gasteiger partial charge in [-0.15, -0.1) is 11.3 Å². The SMILES string of the molecule is CCOC(=O)[C@@]1(O)C[C@@H](c2cccs2)C2=C(O1)C(=O)CCC2. The van der Waals surface area contributed by atoms with Gasteiger partial charge in [-0.3, -0.25) is 4.79 Å². The van der Waals surface area contributed by atoms with E-state index in [4.69, 9.17) is 9.47 Å². The van der Waals surface area contributed by atoms with Crippen LogP contribution in [0.3, 0.4) is 0 Å². The molecule has 118 valence electrons. The molecule has 2 heterocycles. The molecule has 0 saturated heterocycles. The molecular weight excluding hydrogens is 304 g/mol. The summed E-state index contributed by atoms with van der Waals surface area (Å²) in [5, 5.41) is 12.6. The highest BCUT2D eigenvalue weighted by atomic mass is 32.1. The molecule has 1 aromatic heterocycles. The lowest BCUT2D eigenvalue weighted by Gasteiger charge is -2.38. The van der Waals surface area contributed by atoms with Crippen LogP contribution < -0.4 is 0 Å². The van der Waals surface area contributed by atoms with E-state index in [0.29, 0.717) is 6.42 Å². The summed E-state index contributed by atoms with van der Waals surface area (Å²) in [5.41, 5.74) is 0.896.